The minimum Gasteiger partial charge on any atom is -0.483 e. The second kappa shape index (κ2) is 7.36. The maximum Gasteiger partial charge on any atom is 0.290 e. The third kappa shape index (κ3) is 3.42. The number of rotatable bonds is 3. The summed E-state index contributed by atoms with van der Waals surface area (Å²) in [5.41, 5.74) is 3.52. The monoisotopic (exact) mass is 321 g/mol. The van der Waals surface area contributed by atoms with Crippen LogP contribution in [-0.4, -0.2) is 42.7 Å². The molecule has 2 aromatic heterocycles. The quantitative estimate of drug-likeness (QED) is 0.863. The maximum atomic E-state index is 8.36. The van der Waals surface area contributed by atoms with Crippen molar-refractivity contribution in [1.82, 2.24) is 24.5 Å². The van der Waals surface area contributed by atoms with Crippen LogP contribution < -0.4 is 0 Å². The topological polar surface area (TPSA) is 95.1 Å². The summed E-state index contributed by atoms with van der Waals surface area (Å²) in [6.45, 7) is 10.1. The Kier molecular flexibility index (Phi) is 5.49. The minimum absolute atomic E-state index is 0.250. The zero-order chi connectivity index (χ0) is 17.0. The Morgan fingerprint density at radius 1 is 1.35 bits per heavy atom. The molecule has 1 unspecified atom stereocenters. The Hall–Kier alpha value is -2.22. The number of nitrogens with zero attached hydrogens (tertiary/aromatic N) is 5. The predicted molar refractivity (Wildman–Crippen MR) is 83.2 cm³/mol. The lowest BCUT2D eigenvalue weighted by molar-refractivity contribution is -0.122. The van der Waals surface area contributed by atoms with Crippen molar-refractivity contribution < 1.29 is 14.6 Å². The average molecular weight is 321 g/mol. The highest BCUT2D eigenvalue weighted by atomic mass is 16.5. The number of aryl methyl sites for hydroxylation is 1. The van der Waals surface area contributed by atoms with Gasteiger partial charge in [0.1, 0.15) is 13.2 Å². The molecule has 0 aromatic carbocycles. The first kappa shape index (κ1) is 17.1. The summed E-state index contributed by atoms with van der Waals surface area (Å²) >= 11 is 0. The predicted octanol–water partition coefficient (Wildman–Crippen LogP) is 1.63. The van der Waals surface area contributed by atoms with Crippen molar-refractivity contribution >= 4 is 6.47 Å². The van der Waals surface area contributed by atoms with Gasteiger partial charge >= 0.3 is 0 Å². The summed E-state index contributed by atoms with van der Waals surface area (Å²) in [5, 5.41) is 20.1. The number of hydrogen-bond acceptors (Lipinski definition) is 5. The second-order valence-electron chi connectivity index (χ2n) is 5.54. The van der Waals surface area contributed by atoms with E-state index in [1.165, 1.54) is 11.3 Å². The van der Waals surface area contributed by atoms with E-state index in [0.29, 0.717) is 19.2 Å². The molecule has 0 saturated heterocycles. The van der Waals surface area contributed by atoms with Gasteiger partial charge in [0.15, 0.2) is 11.6 Å². The van der Waals surface area contributed by atoms with Crippen molar-refractivity contribution in [3.8, 4) is 0 Å². The van der Waals surface area contributed by atoms with Gasteiger partial charge in [-0.25, -0.2) is 0 Å². The van der Waals surface area contributed by atoms with E-state index in [1.54, 1.807) is 0 Å². The highest BCUT2D eigenvalue weighted by Gasteiger charge is 2.24. The lowest BCUT2D eigenvalue weighted by Gasteiger charge is -2.25. The fraction of sp³-hybridized carbons (Fsp3) is 0.600. The molecule has 3 rings (SSSR count). The van der Waals surface area contributed by atoms with Crippen molar-refractivity contribution in [3.05, 3.63) is 28.6 Å². The molecule has 23 heavy (non-hydrogen) atoms. The van der Waals surface area contributed by atoms with E-state index in [0.717, 1.165) is 30.4 Å². The number of fused-ring (bicyclic) bond motifs is 1. The van der Waals surface area contributed by atoms with E-state index in [1.807, 2.05) is 11.6 Å². The highest BCUT2D eigenvalue weighted by molar-refractivity contribution is 5.32. The van der Waals surface area contributed by atoms with Gasteiger partial charge in [0.25, 0.3) is 6.47 Å². The molecule has 8 nitrogen and oxygen atoms in total. The first-order chi connectivity index (χ1) is 11.0. The third-order valence-corrected chi connectivity index (χ3v) is 4.25. The van der Waals surface area contributed by atoms with Gasteiger partial charge in [-0.05, 0) is 32.8 Å². The fourth-order valence-electron chi connectivity index (χ4n) is 2.72. The molecule has 0 fully saturated rings. The van der Waals surface area contributed by atoms with Crippen LogP contribution in [0.5, 0.6) is 0 Å². The van der Waals surface area contributed by atoms with Crippen LogP contribution in [0.15, 0.2) is 0 Å². The summed E-state index contributed by atoms with van der Waals surface area (Å²) in [7, 11) is 0. The van der Waals surface area contributed by atoms with Gasteiger partial charge in [-0.15, -0.1) is 10.2 Å². The molecule has 126 valence electrons. The standard InChI is InChI=1S/C14H21N5O.CH2O2/c1-5-12-7-20-8-14-16-15-13(19(12)14)6-18-11(4)9(2)10(3)17-18;2-1-3/h12H,5-8H2,1-4H3;1H,(H,2,3). The van der Waals surface area contributed by atoms with Crippen molar-refractivity contribution in [2.75, 3.05) is 6.61 Å². The second-order valence-corrected chi connectivity index (χ2v) is 5.54. The molecule has 3 heterocycles. The highest BCUT2D eigenvalue weighted by Crippen LogP contribution is 2.23. The maximum absolute atomic E-state index is 8.36. The largest absolute Gasteiger partial charge is 0.483 e. The van der Waals surface area contributed by atoms with Crippen LogP contribution in [0.4, 0.5) is 0 Å². The van der Waals surface area contributed by atoms with Crippen LogP contribution in [0.3, 0.4) is 0 Å². The van der Waals surface area contributed by atoms with Gasteiger partial charge in [0.2, 0.25) is 0 Å². The molecule has 0 bridgehead atoms. The number of carboxylic acid groups (broad SMARTS) is 1. The molecule has 1 aliphatic heterocycles. The van der Waals surface area contributed by atoms with Crippen LogP contribution in [0.2, 0.25) is 0 Å². The zero-order valence-electron chi connectivity index (χ0n) is 14.0. The smallest absolute Gasteiger partial charge is 0.290 e. The molecule has 0 aliphatic carbocycles. The Labute approximate surface area is 135 Å². The Bertz CT molecular complexity index is 677. The summed E-state index contributed by atoms with van der Waals surface area (Å²) in [4.78, 5) is 8.36. The lowest BCUT2D eigenvalue weighted by atomic mass is 10.2. The van der Waals surface area contributed by atoms with E-state index in [9.17, 15) is 0 Å². The summed E-state index contributed by atoms with van der Waals surface area (Å²) in [5.74, 6) is 1.90. The number of aromatic nitrogens is 5. The van der Waals surface area contributed by atoms with Gasteiger partial charge < -0.3 is 14.4 Å². The van der Waals surface area contributed by atoms with Crippen LogP contribution in [-0.2, 0) is 22.7 Å². The minimum atomic E-state index is -0.250. The van der Waals surface area contributed by atoms with Crippen molar-refractivity contribution in [2.24, 2.45) is 0 Å². The molecular weight excluding hydrogens is 298 g/mol. The molecule has 1 atom stereocenters. The van der Waals surface area contributed by atoms with Crippen molar-refractivity contribution in [3.63, 3.8) is 0 Å². The zero-order valence-corrected chi connectivity index (χ0v) is 14.0. The van der Waals surface area contributed by atoms with Gasteiger partial charge in [-0.2, -0.15) is 5.10 Å². The molecule has 1 aliphatic rings. The Balaban J connectivity index is 0.000000595. The summed E-state index contributed by atoms with van der Waals surface area (Å²) in [6, 6.07) is 0.335. The molecule has 0 spiro atoms. The molecular formula is C15H23N5O3. The number of ether oxygens (including phenoxy) is 1. The van der Waals surface area contributed by atoms with E-state index in [2.05, 4.69) is 40.6 Å². The fourth-order valence-corrected chi connectivity index (χ4v) is 2.72. The van der Waals surface area contributed by atoms with Gasteiger partial charge in [0, 0.05) is 5.69 Å². The normalized spacial score (nSPS) is 16.4. The van der Waals surface area contributed by atoms with E-state index in [-0.39, 0.29) is 6.47 Å². The first-order valence-electron chi connectivity index (χ1n) is 7.62. The van der Waals surface area contributed by atoms with Gasteiger partial charge in [-0.1, -0.05) is 6.92 Å². The van der Waals surface area contributed by atoms with E-state index < -0.39 is 0 Å². The molecule has 2 aromatic rings. The third-order valence-electron chi connectivity index (χ3n) is 4.25. The van der Waals surface area contributed by atoms with E-state index >= 15 is 0 Å². The number of hydrogen-bond donors (Lipinski definition) is 1. The van der Waals surface area contributed by atoms with Gasteiger partial charge in [-0.3, -0.25) is 9.48 Å². The van der Waals surface area contributed by atoms with Crippen LogP contribution in [0, 0.1) is 20.8 Å². The molecule has 0 saturated carbocycles. The number of carbonyl (C=O) groups is 1. The van der Waals surface area contributed by atoms with Crippen molar-refractivity contribution in [2.45, 2.75) is 53.3 Å². The molecule has 0 amide bonds. The Morgan fingerprint density at radius 3 is 2.61 bits per heavy atom. The first-order valence-corrected chi connectivity index (χ1v) is 7.62. The van der Waals surface area contributed by atoms with Gasteiger partial charge in [0.05, 0.1) is 18.3 Å². The van der Waals surface area contributed by atoms with Crippen LogP contribution in [0.25, 0.3) is 0 Å². The molecule has 8 heteroatoms. The van der Waals surface area contributed by atoms with Crippen LogP contribution >= 0.6 is 0 Å². The summed E-state index contributed by atoms with van der Waals surface area (Å²) < 4.78 is 9.81. The molecule has 0 radical (unpaired) electrons. The average Bonchev–Trinajstić information content (AvgIpc) is 3.06. The van der Waals surface area contributed by atoms with Crippen LogP contribution in [0.1, 0.15) is 48.0 Å². The van der Waals surface area contributed by atoms with E-state index in [4.69, 9.17) is 14.6 Å². The SMILES string of the molecule is CCC1COCc2nnc(Cn3nc(C)c(C)c3C)n21.O=CO. The Morgan fingerprint density at radius 2 is 2.04 bits per heavy atom. The van der Waals surface area contributed by atoms with Crippen molar-refractivity contribution in [1.29, 1.82) is 0 Å². The molecule has 1 N–H and O–H groups in total. The lowest BCUT2D eigenvalue weighted by Crippen LogP contribution is -2.25. The summed E-state index contributed by atoms with van der Waals surface area (Å²) in [6.07, 6.45) is 1.02.